The Hall–Kier alpha value is -2.24. The number of carbonyl (C=O) groups excluding carboxylic acids is 2. The van der Waals surface area contributed by atoms with Crippen molar-refractivity contribution in [2.24, 2.45) is 0 Å². The van der Waals surface area contributed by atoms with Gasteiger partial charge in [0.25, 0.3) is 0 Å². The average Bonchev–Trinajstić information content (AvgIpc) is 2.36. The van der Waals surface area contributed by atoms with E-state index in [0.29, 0.717) is 0 Å². The lowest BCUT2D eigenvalue weighted by molar-refractivity contribution is 0.0551. The molecular formula is C12H14O6. The lowest BCUT2D eigenvalue weighted by Crippen LogP contribution is -2.14. The van der Waals surface area contributed by atoms with E-state index in [2.05, 4.69) is 9.47 Å². The largest absolute Gasteiger partial charge is 0.508 e. The molecule has 0 spiro atoms. The van der Waals surface area contributed by atoms with E-state index in [1.807, 2.05) is 0 Å². The van der Waals surface area contributed by atoms with Gasteiger partial charge in [0.15, 0.2) is 0 Å². The summed E-state index contributed by atoms with van der Waals surface area (Å²) >= 11 is 0. The first-order valence-electron chi connectivity index (χ1n) is 5.21. The van der Waals surface area contributed by atoms with Crippen molar-refractivity contribution in [1.82, 2.24) is 0 Å². The monoisotopic (exact) mass is 254 g/mol. The van der Waals surface area contributed by atoms with Gasteiger partial charge in [-0.1, -0.05) is 0 Å². The molecule has 0 aliphatic carbocycles. The lowest BCUT2D eigenvalue weighted by atomic mass is 10.1. The third-order valence-corrected chi connectivity index (χ3v) is 2.18. The second-order valence-electron chi connectivity index (χ2n) is 3.28. The van der Waals surface area contributed by atoms with Crippen molar-refractivity contribution in [3.63, 3.8) is 0 Å². The molecule has 0 bridgehead atoms. The number of hydrogen-bond acceptors (Lipinski definition) is 6. The van der Waals surface area contributed by atoms with Crippen LogP contribution in [0, 0.1) is 0 Å². The highest BCUT2D eigenvalue weighted by Gasteiger charge is 2.24. The minimum Gasteiger partial charge on any atom is -0.508 e. The van der Waals surface area contributed by atoms with Crippen LogP contribution in [-0.4, -0.2) is 37.9 Å². The van der Waals surface area contributed by atoms with E-state index in [-0.39, 0.29) is 29.2 Å². The molecule has 1 N–H and O–H groups in total. The molecule has 0 saturated carbocycles. The second-order valence-corrected chi connectivity index (χ2v) is 3.28. The minimum absolute atomic E-state index is 0.0657. The quantitative estimate of drug-likeness (QED) is 0.817. The van der Waals surface area contributed by atoms with Gasteiger partial charge in [0.2, 0.25) is 0 Å². The second kappa shape index (κ2) is 5.90. The summed E-state index contributed by atoms with van der Waals surface area (Å²) in [4.78, 5) is 23.2. The normalized spacial score (nSPS) is 9.72. The molecule has 1 aromatic rings. The summed E-state index contributed by atoms with van der Waals surface area (Å²) in [6.07, 6.45) is 0. The minimum atomic E-state index is -0.757. The van der Waals surface area contributed by atoms with Crippen LogP contribution in [0.2, 0.25) is 0 Å². The van der Waals surface area contributed by atoms with Gasteiger partial charge < -0.3 is 19.3 Å². The predicted molar refractivity (Wildman–Crippen MR) is 62.0 cm³/mol. The van der Waals surface area contributed by atoms with Gasteiger partial charge in [-0.2, -0.15) is 0 Å². The first kappa shape index (κ1) is 13.8. The highest BCUT2D eigenvalue weighted by Crippen LogP contribution is 2.29. The van der Waals surface area contributed by atoms with Crippen LogP contribution in [0.15, 0.2) is 12.1 Å². The number of aromatic hydroxyl groups is 1. The summed E-state index contributed by atoms with van der Waals surface area (Å²) in [5, 5.41) is 9.50. The number of ether oxygens (including phenoxy) is 3. The zero-order chi connectivity index (χ0) is 13.7. The zero-order valence-electron chi connectivity index (χ0n) is 10.4. The van der Waals surface area contributed by atoms with Crippen LogP contribution in [0.5, 0.6) is 11.5 Å². The number of benzene rings is 1. The molecule has 18 heavy (non-hydrogen) atoms. The molecule has 0 saturated heterocycles. The van der Waals surface area contributed by atoms with E-state index in [1.54, 1.807) is 6.92 Å². The van der Waals surface area contributed by atoms with Crippen molar-refractivity contribution in [2.75, 3.05) is 20.8 Å². The Morgan fingerprint density at radius 2 is 1.78 bits per heavy atom. The van der Waals surface area contributed by atoms with Crippen molar-refractivity contribution < 1.29 is 28.9 Å². The molecule has 6 nitrogen and oxygen atoms in total. The summed E-state index contributed by atoms with van der Waals surface area (Å²) in [6, 6.07) is 2.36. The molecule has 6 heteroatoms. The Balaban J connectivity index is 3.46. The van der Waals surface area contributed by atoms with E-state index < -0.39 is 11.9 Å². The van der Waals surface area contributed by atoms with Crippen molar-refractivity contribution in [3.8, 4) is 11.5 Å². The number of phenols is 1. The van der Waals surface area contributed by atoms with E-state index in [9.17, 15) is 14.7 Å². The Kier molecular flexibility index (Phi) is 4.53. The van der Waals surface area contributed by atoms with Gasteiger partial charge in [0, 0.05) is 6.07 Å². The summed E-state index contributed by atoms with van der Waals surface area (Å²) in [7, 11) is 2.36. The van der Waals surface area contributed by atoms with E-state index in [0.717, 1.165) is 6.07 Å². The molecule has 0 fully saturated rings. The highest BCUT2D eigenvalue weighted by atomic mass is 16.5. The predicted octanol–water partition coefficient (Wildman–Crippen LogP) is 1.36. The average molecular weight is 254 g/mol. The first-order valence-corrected chi connectivity index (χ1v) is 5.21. The maximum absolute atomic E-state index is 11.7. The molecule has 0 amide bonds. The fraction of sp³-hybridized carbons (Fsp3) is 0.333. The Morgan fingerprint density at radius 3 is 2.28 bits per heavy atom. The van der Waals surface area contributed by atoms with Gasteiger partial charge in [-0.05, 0) is 13.0 Å². The summed E-state index contributed by atoms with van der Waals surface area (Å²) < 4.78 is 14.3. The van der Waals surface area contributed by atoms with Crippen LogP contribution in [0.25, 0.3) is 0 Å². The van der Waals surface area contributed by atoms with Gasteiger partial charge >= 0.3 is 11.9 Å². The van der Waals surface area contributed by atoms with E-state index in [4.69, 9.17) is 4.74 Å². The molecule has 0 heterocycles. The number of methoxy groups -OCH3 is 2. The molecule has 0 radical (unpaired) electrons. The smallest absolute Gasteiger partial charge is 0.342 e. The first-order chi connectivity index (χ1) is 8.54. The summed E-state index contributed by atoms with van der Waals surface area (Å²) in [5.74, 6) is -1.62. The van der Waals surface area contributed by atoms with Crippen molar-refractivity contribution >= 4 is 11.9 Å². The molecule has 0 unspecified atom stereocenters. The molecule has 0 aliphatic heterocycles. The van der Waals surface area contributed by atoms with Crippen molar-refractivity contribution in [1.29, 1.82) is 0 Å². The van der Waals surface area contributed by atoms with Gasteiger partial charge in [0.05, 0.1) is 26.4 Å². The molecule has 0 aromatic heterocycles. The fourth-order valence-corrected chi connectivity index (χ4v) is 1.45. The van der Waals surface area contributed by atoms with Crippen LogP contribution >= 0.6 is 0 Å². The number of carbonyl (C=O) groups is 2. The highest BCUT2D eigenvalue weighted by molar-refractivity contribution is 6.05. The van der Waals surface area contributed by atoms with Crippen molar-refractivity contribution in [2.45, 2.75) is 6.92 Å². The topological polar surface area (TPSA) is 82.1 Å². The third kappa shape index (κ3) is 2.71. The lowest BCUT2D eigenvalue weighted by Gasteiger charge is -2.12. The molecular weight excluding hydrogens is 240 g/mol. The number of esters is 2. The molecule has 98 valence electrons. The maximum atomic E-state index is 11.7. The van der Waals surface area contributed by atoms with Crippen LogP contribution in [0.4, 0.5) is 0 Å². The van der Waals surface area contributed by atoms with Crippen LogP contribution in [-0.2, 0) is 9.47 Å². The molecule has 1 aromatic carbocycles. The Morgan fingerprint density at radius 1 is 1.17 bits per heavy atom. The standard InChI is InChI=1S/C12H14O6/c1-4-18-9-6-7(13)5-8(11(14)16-2)10(9)12(15)17-3/h5-6,13H,4H2,1-3H3. The van der Waals surface area contributed by atoms with E-state index >= 15 is 0 Å². The SMILES string of the molecule is CCOc1cc(O)cc(C(=O)OC)c1C(=O)OC. The Bertz CT molecular complexity index is 466. The molecule has 1 rings (SSSR count). The fourth-order valence-electron chi connectivity index (χ4n) is 1.45. The number of hydrogen-bond donors (Lipinski definition) is 1. The van der Waals surface area contributed by atoms with Gasteiger partial charge in [-0.3, -0.25) is 0 Å². The third-order valence-electron chi connectivity index (χ3n) is 2.18. The van der Waals surface area contributed by atoms with Crippen LogP contribution in [0.3, 0.4) is 0 Å². The van der Waals surface area contributed by atoms with E-state index in [1.165, 1.54) is 20.3 Å². The number of phenolic OH excluding ortho intramolecular Hbond substituents is 1. The van der Waals surface area contributed by atoms with Gasteiger partial charge in [-0.25, -0.2) is 9.59 Å². The van der Waals surface area contributed by atoms with Crippen LogP contribution < -0.4 is 4.74 Å². The summed E-state index contributed by atoms with van der Waals surface area (Å²) in [5.41, 5.74) is -0.170. The maximum Gasteiger partial charge on any atom is 0.342 e. The van der Waals surface area contributed by atoms with Crippen molar-refractivity contribution in [3.05, 3.63) is 23.3 Å². The zero-order valence-corrected chi connectivity index (χ0v) is 10.4. The molecule has 0 atom stereocenters. The van der Waals surface area contributed by atoms with Gasteiger partial charge in [-0.15, -0.1) is 0 Å². The molecule has 0 aliphatic rings. The van der Waals surface area contributed by atoms with Crippen LogP contribution in [0.1, 0.15) is 27.6 Å². The Labute approximate surface area is 104 Å². The van der Waals surface area contributed by atoms with Gasteiger partial charge in [0.1, 0.15) is 17.1 Å². The number of rotatable bonds is 4. The summed E-state index contributed by atoms with van der Waals surface area (Å²) in [6.45, 7) is 1.98.